The second kappa shape index (κ2) is 9.49. The summed E-state index contributed by atoms with van der Waals surface area (Å²) in [4.78, 5) is 2.82. The van der Waals surface area contributed by atoms with Gasteiger partial charge < -0.3 is 4.74 Å². The maximum atomic E-state index is 8.41. The van der Waals surface area contributed by atoms with Crippen LogP contribution in [0.3, 0.4) is 0 Å². The number of methoxy groups -OCH3 is 1. The minimum atomic E-state index is -0.655. The van der Waals surface area contributed by atoms with E-state index >= 15 is 0 Å². The molecule has 0 bridgehead atoms. The molecule has 0 aliphatic heterocycles. The van der Waals surface area contributed by atoms with Gasteiger partial charge in [0.2, 0.25) is 0 Å². The van der Waals surface area contributed by atoms with E-state index in [1.807, 2.05) is 6.92 Å². The van der Waals surface area contributed by atoms with Crippen LogP contribution in [0.4, 0.5) is 0 Å². The van der Waals surface area contributed by atoms with Crippen molar-refractivity contribution in [3.63, 3.8) is 0 Å². The van der Waals surface area contributed by atoms with Gasteiger partial charge in [-0.1, -0.05) is 57.0 Å². The van der Waals surface area contributed by atoms with Crippen molar-refractivity contribution in [2.24, 2.45) is 5.11 Å². The van der Waals surface area contributed by atoms with E-state index in [9.17, 15) is 0 Å². The molecule has 0 saturated heterocycles. The number of azide groups is 1. The molecule has 0 N–H and O–H groups in total. The highest BCUT2D eigenvalue weighted by molar-refractivity contribution is 4.71. The molecule has 0 aliphatic rings. The van der Waals surface area contributed by atoms with Crippen LogP contribution in [0.25, 0.3) is 10.4 Å². The van der Waals surface area contributed by atoms with Crippen molar-refractivity contribution in [1.82, 2.24) is 0 Å². The van der Waals surface area contributed by atoms with E-state index in [4.69, 9.17) is 10.3 Å². The van der Waals surface area contributed by atoms with Gasteiger partial charge in [0.1, 0.15) is 5.72 Å². The Balaban J connectivity index is 3.52. The molecular formula is C12H25N3O. The highest BCUT2D eigenvalue weighted by atomic mass is 16.5. The fraction of sp³-hybridized carbons (Fsp3) is 1.00. The highest BCUT2D eigenvalue weighted by Gasteiger charge is 2.20. The average Bonchev–Trinajstić information content (AvgIpc) is 2.28. The molecule has 0 aliphatic carbocycles. The van der Waals surface area contributed by atoms with Crippen LogP contribution in [0.1, 0.15) is 65.2 Å². The first-order valence-corrected chi connectivity index (χ1v) is 6.30. The van der Waals surface area contributed by atoms with E-state index in [2.05, 4.69) is 16.9 Å². The molecule has 16 heavy (non-hydrogen) atoms. The Morgan fingerprint density at radius 3 is 2.19 bits per heavy atom. The average molecular weight is 227 g/mol. The predicted molar refractivity (Wildman–Crippen MR) is 67.2 cm³/mol. The van der Waals surface area contributed by atoms with Gasteiger partial charge in [0, 0.05) is 12.0 Å². The monoisotopic (exact) mass is 227 g/mol. The molecule has 0 spiro atoms. The zero-order valence-corrected chi connectivity index (χ0v) is 10.9. The first-order chi connectivity index (χ1) is 7.68. The molecule has 0 saturated carbocycles. The van der Waals surface area contributed by atoms with Crippen molar-refractivity contribution in [3.05, 3.63) is 10.4 Å². The molecule has 0 aromatic heterocycles. The molecule has 94 valence electrons. The minimum absolute atomic E-state index is 0.655. The van der Waals surface area contributed by atoms with Crippen molar-refractivity contribution in [1.29, 1.82) is 0 Å². The zero-order valence-electron chi connectivity index (χ0n) is 10.9. The van der Waals surface area contributed by atoms with Crippen molar-refractivity contribution in [3.8, 4) is 0 Å². The van der Waals surface area contributed by atoms with Gasteiger partial charge in [-0.3, -0.25) is 0 Å². The summed E-state index contributed by atoms with van der Waals surface area (Å²) in [7, 11) is 1.59. The third kappa shape index (κ3) is 7.55. The van der Waals surface area contributed by atoms with Gasteiger partial charge in [0.05, 0.1) is 0 Å². The Morgan fingerprint density at radius 2 is 1.69 bits per heavy atom. The largest absolute Gasteiger partial charge is 0.372 e. The van der Waals surface area contributed by atoms with Crippen LogP contribution in [0.5, 0.6) is 0 Å². The Kier molecular flexibility index (Phi) is 9.06. The van der Waals surface area contributed by atoms with E-state index in [1.54, 1.807) is 7.11 Å². The Morgan fingerprint density at radius 1 is 1.12 bits per heavy atom. The maximum absolute atomic E-state index is 8.41. The number of ether oxygens (including phenoxy) is 1. The predicted octanol–water partition coefficient (Wildman–Crippen LogP) is 4.80. The minimum Gasteiger partial charge on any atom is -0.372 e. The number of rotatable bonds is 10. The number of unbranched alkanes of at least 4 members (excludes halogenated alkanes) is 6. The van der Waals surface area contributed by atoms with Gasteiger partial charge >= 0.3 is 0 Å². The highest BCUT2D eigenvalue weighted by Crippen LogP contribution is 2.21. The molecule has 0 amide bonds. The molecule has 0 heterocycles. The van der Waals surface area contributed by atoms with E-state index in [0.717, 1.165) is 12.8 Å². The van der Waals surface area contributed by atoms with Crippen LogP contribution < -0.4 is 0 Å². The van der Waals surface area contributed by atoms with E-state index in [0.29, 0.717) is 0 Å². The second-order valence-electron chi connectivity index (χ2n) is 4.44. The van der Waals surface area contributed by atoms with Crippen LogP contribution in [-0.4, -0.2) is 12.8 Å². The summed E-state index contributed by atoms with van der Waals surface area (Å²) in [6.07, 6.45) is 9.64. The Hall–Kier alpha value is -0.730. The molecule has 0 radical (unpaired) electrons. The Labute approximate surface area is 99.0 Å². The standard InChI is InChI=1S/C12H25N3O/c1-4-5-6-7-8-9-10-11-12(2,16-3)14-15-13/h4-11H2,1-3H3. The summed E-state index contributed by atoms with van der Waals surface area (Å²) < 4.78 is 5.20. The molecule has 1 atom stereocenters. The molecule has 4 nitrogen and oxygen atoms in total. The smallest absolute Gasteiger partial charge is 0.143 e. The van der Waals surface area contributed by atoms with E-state index in [1.165, 1.54) is 38.5 Å². The molecule has 0 fully saturated rings. The number of nitrogens with zero attached hydrogens (tertiary/aromatic N) is 3. The fourth-order valence-corrected chi connectivity index (χ4v) is 1.70. The second-order valence-corrected chi connectivity index (χ2v) is 4.44. The third-order valence-corrected chi connectivity index (χ3v) is 2.94. The molecule has 0 aromatic rings. The van der Waals surface area contributed by atoms with Crippen molar-refractivity contribution < 1.29 is 4.74 Å². The zero-order chi connectivity index (χ0) is 12.3. The summed E-state index contributed by atoms with van der Waals surface area (Å²) in [5.74, 6) is 0. The van der Waals surface area contributed by atoms with Crippen molar-refractivity contribution in [2.75, 3.05) is 7.11 Å². The summed E-state index contributed by atoms with van der Waals surface area (Å²) >= 11 is 0. The van der Waals surface area contributed by atoms with E-state index < -0.39 is 5.72 Å². The van der Waals surface area contributed by atoms with Gasteiger partial charge in [0.25, 0.3) is 0 Å². The van der Waals surface area contributed by atoms with Gasteiger partial charge in [-0.15, -0.1) is 0 Å². The topological polar surface area (TPSA) is 58.0 Å². The molecule has 0 aromatic carbocycles. The number of hydrogen-bond acceptors (Lipinski definition) is 2. The van der Waals surface area contributed by atoms with E-state index in [-0.39, 0.29) is 0 Å². The van der Waals surface area contributed by atoms with Crippen LogP contribution in [0.15, 0.2) is 5.11 Å². The van der Waals surface area contributed by atoms with Crippen LogP contribution >= 0.6 is 0 Å². The SMILES string of the molecule is CCCCCCCCCC(C)(N=[N+]=[N-])OC. The van der Waals surface area contributed by atoms with Gasteiger partial charge in [0.15, 0.2) is 0 Å². The lowest BCUT2D eigenvalue weighted by molar-refractivity contribution is 0.00290. The summed E-state index contributed by atoms with van der Waals surface area (Å²) in [5.41, 5.74) is 7.76. The lowest BCUT2D eigenvalue weighted by Crippen LogP contribution is -2.23. The first kappa shape index (κ1) is 15.3. The van der Waals surface area contributed by atoms with Gasteiger partial charge in [-0.05, 0) is 18.9 Å². The van der Waals surface area contributed by atoms with Crippen LogP contribution in [-0.2, 0) is 4.74 Å². The summed E-state index contributed by atoms with van der Waals surface area (Å²) in [6, 6.07) is 0. The molecule has 4 heteroatoms. The number of hydrogen-bond donors (Lipinski definition) is 0. The van der Waals surface area contributed by atoms with Gasteiger partial charge in [-0.2, -0.15) is 0 Å². The quantitative estimate of drug-likeness (QED) is 0.229. The summed E-state index contributed by atoms with van der Waals surface area (Å²) in [5, 5.41) is 3.68. The molecule has 0 rings (SSSR count). The first-order valence-electron chi connectivity index (χ1n) is 6.30. The fourth-order valence-electron chi connectivity index (χ4n) is 1.70. The van der Waals surface area contributed by atoms with Gasteiger partial charge in [-0.25, -0.2) is 0 Å². The van der Waals surface area contributed by atoms with Crippen LogP contribution in [0.2, 0.25) is 0 Å². The lowest BCUT2D eigenvalue weighted by Gasteiger charge is -2.21. The third-order valence-electron chi connectivity index (χ3n) is 2.94. The molecular weight excluding hydrogens is 202 g/mol. The van der Waals surface area contributed by atoms with Crippen molar-refractivity contribution in [2.45, 2.75) is 70.9 Å². The summed E-state index contributed by atoms with van der Waals surface area (Å²) in [6.45, 7) is 4.06. The molecule has 1 unspecified atom stereocenters. The lowest BCUT2D eigenvalue weighted by atomic mass is 10.0. The van der Waals surface area contributed by atoms with Crippen molar-refractivity contribution >= 4 is 0 Å². The maximum Gasteiger partial charge on any atom is 0.143 e. The van der Waals surface area contributed by atoms with Crippen LogP contribution in [0, 0.1) is 0 Å². The Bertz CT molecular complexity index is 214. The normalized spacial score (nSPS) is 14.2.